The predicted octanol–water partition coefficient (Wildman–Crippen LogP) is 1.41. The van der Waals surface area contributed by atoms with Crippen molar-refractivity contribution < 1.29 is 14.3 Å². The van der Waals surface area contributed by atoms with Crippen LogP contribution in [0.3, 0.4) is 0 Å². The van der Waals surface area contributed by atoms with Crippen LogP contribution in [-0.2, 0) is 4.79 Å². The molecule has 2 rings (SSSR count). The maximum atomic E-state index is 12.3. The van der Waals surface area contributed by atoms with E-state index in [0.29, 0.717) is 30.0 Å². The number of likely N-dealkylation sites (tertiary alicyclic amines) is 1. The molecule has 0 aliphatic carbocycles. The second kappa shape index (κ2) is 7.15. The minimum Gasteiger partial charge on any atom is -0.495 e. The minimum atomic E-state index is -0.172. The zero-order valence-corrected chi connectivity index (χ0v) is 13.1. The number of rotatable bonds is 4. The van der Waals surface area contributed by atoms with Crippen molar-refractivity contribution in [2.24, 2.45) is 0 Å². The Kier molecular flexibility index (Phi) is 5.25. The molecule has 1 saturated heterocycles. The predicted molar refractivity (Wildman–Crippen MR) is 84.8 cm³/mol. The quantitative estimate of drug-likeness (QED) is 0.824. The van der Waals surface area contributed by atoms with Crippen molar-refractivity contribution in [3.05, 3.63) is 23.8 Å². The van der Waals surface area contributed by atoms with Gasteiger partial charge in [0.25, 0.3) is 5.91 Å². The monoisotopic (exact) mass is 305 g/mol. The van der Waals surface area contributed by atoms with Crippen LogP contribution in [0.2, 0.25) is 0 Å². The fraction of sp³-hybridized carbons (Fsp3) is 0.500. The average Bonchev–Trinajstić information content (AvgIpc) is 2.54. The smallest absolute Gasteiger partial charge is 0.251 e. The summed E-state index contributed by atoms with van der Waals surface area (Å²) in [4.78, 5) is 25.9. The van der Waals surface area contributed by atoms with E-state index in [-0.39, 0.29) is 17.9 Å². The number of nitrogens with two attached hydrogens (primary N) is 1. The third-order valence-corrected chi connectivity index (χ3v) is 3.91. The number of piperidine rings is 1. The summed E-state index contributed by atoms with van der Waals surface area (Å²) >= 11 is 0. The fourth-order valence-corrected chi connectivity index (χ4v) is 2.67. The van der Waals surface area contributed by atoms with Crippen LogP contribution in [0.5, 0.6) is 5.75 Å². The van der Waals surface area contributed by atoms with Crippen molar-refractivity contribution in [3.8, 4) is 5.75 Å². The maximum absolute atomic E-state index is 12.3. The molecule has 120 valence electrons. The number of carbonyl (C=O) groups excluding carboxylic acids is 2. The summed E-state index contributed by atoms with van der Waals surface area (Å²) in [6.45, 7) is 3.20. The molecular formula is C16H23N3O3. The minimum absolute atomic E-state index is 0.0136. The summed E-state index contributed by atoms with van der Waals surface area (Å²) in [6, 6.07) is 4.94. The van der Waals surface area contributed by atoms with Gasteiger partial charge in [-0.15, -0.1) is 0 Å². The molecule has 1 unspecified atom stereocenters. The highest BCUT2D eigenvalue weighted by Crippen LogP contribution is 2.22. The molecule has 0 radical (unpaired) electrons. The lowest BCUT2D eigenvalue weighted by Gasteiger charge is -2.33. The van der Waals surface area contributed by atoms with Crippen molar-refractivity contribution >= 4 is 17.5 Å². The molecule has 6 heteroatoms. The van der Waals surface area contributed by atoms with Crippen molar-refractivity contribution in [2.45, 2.75) is 32.2 Å². The number of carbonyl (C=O) groups is 2. The van der Waals surface area contributed by atoms with Crippen molar-refractivity contribution in [1.82, 2.24) is 10.2 Å². The Balaban J connectivity index is 2.01. The highest BCUT2D eigenvalue weighted by Gasteiger charge is 2.24. The molecule has 2 amide bonds. The Morgan fingerprint density at radius 3 is 2.91 bits per heavy atom. The lowest BCUT2D eigenvalue weighted by atomic mass is 10.0. The van der Waals surface area contributed by atoms with E-state index in [0.717, 1.165) is 19.4 Å². The Morgan fingerprint density at radius 1 is 1.45 bits per heavy atom. The number of hydrogen-bond donors (Lipinski definition) is 2. The van der Waals surface area contributed by atoms with Crippen LogP contribution in [0.1, 0.15) is 36.5 Å². The molecular weight excluding hydrogens is 282 g/mol. The summed E-state index contributed by atoms with van der Waals surface area (Å²) in [5, 5.41) is 2.99. The molecule has 1 atom stereocenters. The zero-order chi connectivity index (χ0) is 16.1. The van der Waals surface area contributed by atoms with Gasteiger partial charge in [-0.25, -0.2) is 0 Å². The van der Waals surface area contributed by atoms with Crippen LogP contribution in [0, 0.1) is 0 Å². The van der Waals surface area contributed by atoms with Gasteiger partial charge in [-0.05, 0) is 31.0 Å². The van der Waals surface area contributed by atoms with Gasteiger partial charge in [0, 0.05) is 31.1 Å². The number of amides is 2. The Hall–Kier alpha value is -2.24. The molecule has 1 aromatic rings. The molecule has 1 aromatic carbocycles. The second-order valence-corrected chi connectivity index (χ2v) is 5.46. The second-order valence-electron chi connectivity index (χ2n) is 5.46. The summed E-state index contributed by atoms with van der Waals surface area (Å²) in [5.41, 5.74) is 6.75. The zero-order valence-electron chi connectivity index (χ0n) is 13.1. The van der Waals surface area contributed by atoms with Crippen LogP contribution in [-0.4, -0.2) is 43.0 Å². The van der Waals surface area contributed by atoms with E-state index in [9.17, 15) is 9.59 Å². The van der Waals surface area contributed by atoms with Gasteiger partial charge in [0.05, 0.1) is 12.8 Å². The van der Waals surface area contributed by atoms with E-state index in [1.165, 1.54) is 7.11 Å². The molecule has 0 saturated carbocycles. The number of benzene rings is 1. The molecule has 1 aliphatic heterocycles. The normalized spacial score (nSPS) is 17.9. The summed E-state index contributed by atoms with van der Waals surface area (Å²) in [5.74, 6) is 0.446. The van der Waals surface area contributed by atoms with Gasteiger partial charge < -0.3 is 20.7 Å². The number of ether oxygens (including phenoxy) is 1. The largest absolute Gasteiger partial charge is 0.495 e. The number of nitrogens with one attached hydrogen (secondary N) is 1. The Bertz CT molecular complexity index is 560. The van der Waals surface area contributed by atoms with E-state index in [2.05, 4.69) is 5.32 Å². The SMILES string of the molecule is CCC(=O)N1CCCC(NC(=O)c2ccc(N)c(OC)c2)C1. The van der Waals surface area contributed by atoms with Gasteiger partial charge in [0.2, 0.25) is 5.91 Å². The number of nitrogen functional groups attached to an aromatic ring is 1. The molecule has 3 N–H and O–H groups in total. The van der Waals surface area contributed by atoms with Crippen LogP contribution < -0.4 is 15.8 Å². The first-order valence-corrected chi connectivity index (χ1v) is 7.57. The molecule has 0 aromatic heterocycles. The van der Waals surface area contributed by atoms with Crippen LogP contribution in [0.25, 0.3) is 0 Å². The molecule has 1 aliphatic rings. The lowest BCUT2D eigenvalue weighted by molar-refractivity contribution is -0.132. The van der Waals surface area contributed by atoms with E-state index in [1.54, 1.807) is 18.2 Å². The standard InChI is InChI=1S/C16H23N3O3/c1-3-15(20)19-8-4-5-12(10-19)18-16(21)11-6-7-13(17)14(9-11)22-2/h6-7,9,12H,3-5,8,10,17H2,1-2H3,(H,18,21). The summed E-state index contributed by atoms with van der Waals surface area (Å²) in [7, 11) is 1.52. The topological polar surface area (TPSA) is 84.7 Å². The summed E-state index contributed by atoms with van der Waals surface area (Å²) in [6.07, 6.45) is 2.28. The van der Waals surface area contributed by atoms with Crippen LogP contribution in [0.15, 0.2) is 18.2 Å². The Morgan fingerprint density at radius 2 is 2.23 bits per heavy atom. The van der Waals surface area contributed by atoms with E-state index >= 15 is 0 Å². The average molecular weight is 305 g/mol. The number of anilines is 1. The molecule has 1 heterocycles. The van der Waals surface area contributed by atoms with Gasteiger partial charge in [-0.3, -0.25) is 9.59 Å². The summed E-state index contributed by atoms with van der Waals surface area (Å²) < 4.78 is 5.13. The molecule has 1 fully saturated rings. The maximum Gasteiger partial charge on any atom is 0.251 e. The first kappa shape index (κ1) is 16.1. The highest BCUT2D eigenvalue weighted by molar-refractivity contribution is 5.95. The number of nitrogens with zero attached hydrogens (tertiary/aromatic N) is 1. The van der Waals surface area contributed by atoms with Crippen molar-refractivity contribution in [1.29, 1.82) is 0 Å². The van der Waals surface area contributed by atoms with Gasteiger partial charge in [0.15, 0.2) is 0 Å². The third-order valence-electron chi connectivity index (χ3n) is 3.91. The number of methoxy groups -OCH3 is 1. The van der Waals surface area contributed by atoms with E-state index in [4.69, 9.17) is 10.5 Å². The molecule has 0 bridgehead atoms. The number of hydrogen-bond acceptors (Lipinski definition) is 4. The fourth-order valence-electron chi connectivity index (χ4n) is 2.67. The molecule has 6 nitrogen and oxygen atoms in total. The molecule has 22 heavy (non-hydrogen) atoms. The van der Waals surface area contributed by atoms with E-state index in [1.807, 2.05) is 11.8 Å². The third kappa shape index (κ3) is 3.69. The van der Waals surface area contributed by atoms with Crippen LogP contribution >= 0.6 is 0 Å². The van der Waals surface area contributed by atoms with Crippen molar-refractivity contribution in [3.63, 3.8) is 0 Å². The molecule has 0 spiro atoms. The van der Waals surface area contributed by atoms with Crippen molar-refractivity contribution in [2.75, 3.05) is 25.9 Å². The van der Waals surface area contributed by atoms with Gasteiger partial charge in [-0.1, -0.05) is 6.92 Å². The first-order chi connectivity index (χ1) is 10.5. The van der Waals surface area contributed by atoms with Gasteiger partial charge >= 0.3 is 0 Å². The van der Waals surface area contributed by atoms with Gasteiger partial charge in [0.1, 0.15) is 5.75 Å². The van der Waals surface area contributed by atoms with Crippen LogP contribution in [0.4, 0.5) is 5.69 Å². The first-order valence-electron chi connectivity index (χ1n) is 7.57. The lowest BCUT2D eigenvalue weighted by Crippen LogP contribution is -2.49. The highest BCUT2D eigenvalue weighted by atomic mass is 16.5. The Labute approximate surface area is 130 Å². The van der Waals surface area contributed by atoms with Gasteiger partial charge in [-0.2, -0.15) is 0 Å². The van der Waals surface area contributed by atoms with E-state index < -0.39 is 0 Å².